The van der Waals surface area contributed by atoms with Crippen molar-refractivity contribution in [1.82, 2.24) is 0 Å². The van der Waals surface area contributed by atoms with Gasteiger partial charge in [-0.3, -0.25) is 0 Å². The van der Waals surface area contributed by atoms with Gasteiger partial charge in [0.15, 0.2) is 6.33 Å². The molecule has 0 amide bonds. The molecule has 0 spiro atoms. The quantitative estimate of drug-likeness (QED) is 0.441. The Morgan fingerprint density at radius 2 is 2.40 bits per heavy atom. The van der Waals surface area contributed by atoms with Crippen LogP contribution in [0.3, 0.4) is 0 Å². The van der Waals surface area contributed by atoms with Gasteiger partial charge in [-0.25, -0.2) is 8.78 Å². The summed E-state index contributed by atoms with van der Waals surface area (Å²) in [6.07, 6.45) is 1.68. The summed E-state index contributed by atoms with van der Waals surface area (Å²) >= 11 is 0. The average Bonchev–Trinajstić information content (AvgIpc) is 1.41. The SMILES string of the molecule is F/[C]=C/CF. The van der Waals surface area contributed by atoms with Gasteiger partial charge < -0.3 is 0 Å². The lowest BCUT2D eigenvalue weighted by atomic mass is 10.7. The molecule has 0 aromatic rings. The van der Waals surface area contributed by atoms with E-state index in [1.54, 1.807) is 0 Å². The molecule has 0 heterocycles. The van der Waals surface area contributed by atoms with E-state index < -0.39 is 6.67 Å². The molecule has 0 N–H and O–H groups in total. The van der Waals surface area contributed by atoms with Crippen LogP contribution in [-0.2, 0) is 0 Å². The molecule has 0 aromatic carbocycles. The zero-order valence-electron chi connectivity index (χ0n) is 2.54. The summed E-state index contributed by atoms with van der Waals surface area (Å²) in [5, 5.41) is 0. The molecular formula is C3H3F2. The second-order valence-electron chi connectivity index (χ2n) is 0.468. The van der Waals surface area contributed by atoms with Crippen LogP contribution in [0.4, 0.5) is 8.78 Å². The molecular weight excluding hydrogens is 74.0 g/mol. The fourth-order valence-electron chi connectivity index (χ4n) is 0.0292. The van der Waals surface area contributed by atoms with Crippen LogP contribution in [0.1, 0.15) is 0 Å². The third-order valence-electron chi connectivity index (χ3n) is 0.154. The van der Waals surface area contributed by atoms with Crippen LogP contribution in [0.5, 0.6) is 0 Å². The summed E-state index contributed by atoms with van der Waals surface area (Å²) < 4.78 is 21.1. The van der Waals surface area contributed by atoms with Gasteiger partial charge in [0.25, 0.3) is 0 Å². The van der Waals surface area contributed by atoms with Crippen molar-refractivity contribution in [2.45, 2.75) is 0 Å². The second-order valence-corrected chi connectivity index (χ2v) is 0.468. The van der Waals surface area contributed by atoms with Crippen molar-refractivity contribution in [1.29, 1.82) is 0 Å². The molecule has 0 rings (SSSR count). The number of hydrogen-bond acceptors (Lipinski definition) is 0. The van der Waals surface area contributed by atoms with Gasteiger partial charge in [-0.1, -0.05) is 0 Å². The first-order valence-electron chi connectivity index (χ1n) is 1.15. The van der Waals surface area contributed by atoms with Crippen molar-refractivity contribution in [3.05, 3.63) is 12.4 Å². The van der Waals surface area contributed by atoms with E-state index in [9.17, 15) is 8.78 Å². The van der Waals surface area contributed by atoms with E-state index in [1.807, 2.05) is 0 Å². The summed E-state index contributed by atoms with van der Waals surface area (Å²) in [6.45, 7) is -0.767. The molecule has 0 aromatic heterocycles. The minimum absolute atomic E-state index is 0.667. The fourth-order valence-corrected chi connectivity index (χ4v) is 0.0292. The maximum Gasteiger partial charge on any atom is 0.157 e. The molecule has 0 fully saturated rings. The highest BCUT2D eigenvalue weighted by atomic mass is 19.1. The molecule has 0 aliphatic rings. The third kappa shape index (κ3) is 3.60. The molecule has 0 unspecified atom stereocenters. The molecule has 2 heteroatoms. The molecule has 0 nitrogen and oxygen atoms in total. The molecule has 0 aliphatic heterocycles. The van der Waals surface area contributed by atoms with E-state index in [0.29, 0.717) is 6.08 Å². The van der Waals surface area contributed by atoms with Gasteiger partial charge in [-0.2, -0.15) is 0 Å². The van der Waals surface area contributed by atoms with Gasteiger partial charge in [0, 0.05) is 0 Å². The second kappa shape index (κ2) is 3.60. The highest BCUT2D eigenvalue weighted by Crippen LogP contribution is 1.69. The van der Waals surface area contributed by atoms with E-state index in [1.165, 1.54) is 0 Å². The highest BCUT2D eigenvalue weighted by Gasteiger charge is 1.60. The van der Waals surface area contributed by atoms with E-state index in [-0.39, 0.29) is 0 Å². The van der Waals surface area contributed by atoms with Crippen LogP contribution >= 0.6 is 0 Å². The first-order chi connectivity index (χ1) is 2.41. The van der Waals surface area contributed by atoms with Crippen LogP contribution in [0.15, 0.2) is 6.08 Å². The maximum absolute atomic E-state index is 10.6. The van der Waals surface area contributed by atoms with Crippen LogP contribution in [-0.4, -0.2) is 6.67 Å². The van der Waals surface area contributed by atoms with E-state index in [0.717, 1.165) is 6.33 Å². The van der Waals surface area contributed by atoms with E-state index in [4.69, 9.17) is 0 Å². The van der Waals surface area contributed by atoms with Gasteiger partial charge in [0.1, 0.15) is 6.67 Å². The number of rotatable bonds is 1. The third-order valence-corrected chi connectivity index (χ3v) is 0.154. The lowest BCUT2D eigenvalue weighted by Crippen LogP contribution is -1.53. The smallest absolute Gasteiger partial charge is 0.157 e. The van der Waals surface area contributed by atoms with E-state index in [2.05, 4.69) is 0 Å². The molecule has 0 aliphatic carbocycles. The number of alkyl halides is 1. The predicted octanol–water partition coefficient (Wildman–Crippen LogP) is 1.24. The van der Waals surface area contributed by atoms with Crippen LogP contribution in [0, 0.1) is 6.33 Å². The van der Waals surface area contributed by atoms with Crippen LogP contribution < -0.4 is 0 Å². The number of hydrogen-bond donors (Lipinski definition) is 0. The Bertz CT molecular complexity index is 31.9. The molecule has 0 saturated heterocycles. The summed E-state index contributed by atoms with van der Waals surface area (Å²) in [5.41, 5.74) is 0. The van der Waals surface area contributed by atoms with Gasteiger partial charge in [-0.05, 0) is 6.08 Å². The topological polar surface area (TPSA) is 0 Å². The molecule has 5 heavy (non-hydrogen) atoms. The Kier molecular flexibility index (Phi) is 3.31. The minimum Gasteiger partial charge on any atom is -0.246 e. The Hall–Kier alpha value is -0.400. The fraction of sp³-hybridized carbons (Fsp3) is 0.333. The molecule has 0 atom stereocenters. The Morgan fingerprint density at radius 1 is 1.80 bits per heavy atom. The van der Waals surface area contributed by atoms with Crippen molar-refractivity contribution in [3.63, 3.8) is 0 Å². The number of halogens is 2. The molecule has 0 saturated carbocycles. The van der Waals surface area contributed by atoms with Gasteiger partial charge in [-0.15, -0.1) is 0 Å². The summed E-state index contributed by atoms with van der Waals surface area (Å²) in [4.78, 5) is 0. The Labute approximate surface area is 29.1 Å². The molecule has 29 valence electrons. The van der Waals surface area contributed by atoms with Crippen LogP contribution in [0.25, 0.3) is 0 Å². The zero-order chi connectivity index (χ0) is 4.12. The van der Waals surface area contributed by atoms with Crippen molar-refractivity contribution in [3.8, 4) is 0 Å². The first-order valence-corrected chi connectivity index (χ1v) is 1.15. The summed E-state index contributed by atoms with van der Waals surface area (Å²) in [6, 6.07) is 0. The normalized spacial score (nSPS) is 10.0. The van der Waals surface area contributed by atoms with Crippen molar-refractivity contribution < 1.29 is 8.78 Å². The summed E-state index contributed by atoms with van der Waals surface area (Å²) in [7, 11) is 0. The van der Waals surface area contributed by atoms with Gasteiger partial charge in [0.2, 0.25) is 0 Å². The monoisotopic (exact) mass is 77.0 g/mol. The molecule has 1 radical (unpaired) electrons. The van der Waals surface area contributed by atoms with Gasteiger partial charge >= 0.3 is 0 Å². The standard InChI is InChI=1S/C3H3F2/c4-2-1-3-5/h1H,2H2. The van der Waals surface area contributed by atoms with Crippen LogP contribution in [0.2, 0.25) is 0 Å². The first kappa shape index (κ1) is 4.60. The van der Waals surface area contributed by atoms with Gasteiger partial charge in [0.05, 0.1) is 0 Å². The Morgan fingerprint density at radius 3 is 2.40 bits per heavy atom. The van der Waals surface area contributed by atoms with Crippen molar-refractivity contribution in [2.75, 3.05) is 6.67 Å². The average molecular weight is 77.1 g/mol. The predicted molar refractivity (Wildman–Crippen MR) is 14.9 cm³/mol. The van der Waals surface area contributed by atoms with Crippen molar-refractivity contribution >= 4 is 0 Å². The minimum atomic E-state index is -0.767. The number of allylic oxidation sites excluding steroid dienone is 1. The molecule has 0 bridgehead atoms. The van der Waals surface area contributed by atoms with E-state index >= 15 is 0 Å². The largest absolute Gasteiger partial charge is 0.246 e. The lowest BCUT2D eigenvalue weighted by molar-refractivity contribution is 0.550. The highest BCUT2D eigenvalue weighted by molar-refractivity contribution is 4.61. The zero-order valence-corrected chi connectivity index (χ0v) is 2.54. The maximum atomic E-state index is 10.6. The lowest BCUT2D eigenvalue weighted by Gasteiger charge is -1.58. The Balaban J connectivity index is 2.62. The van der Waals surface area contributed by atoms with Crippen molar-refractivity contribution in [2.24, 2.45) is 0 Å². The summed E-state index contributed by atoms with van der Waals surface area (Å²) in [5.74, 6) is 0.